The zero-order chi connectivity index (χ0) is 29.5. The van der Waals surface area contributed by atoms with Crippen LogP contribution >= 0.6 is 0 Å². The highest BCUT2D eigenvalue weighted by atomic mass is 19.1. The van der Waals surface area contributed by atoms with Gasteiger partial charge in [-0.1, -0.05) is 47.5 Å². The van der Waals surface area contributed by atoms with Gasteiger partial charge in [-0.25, -0.2) is 9.37 Å². The third-order valence-electron chi connectivity index (χ3n) is 6.85. The first-order chi connectivity index (χ1) is 19.4. The molecule has 1 spiro atoms. The summed E-state index contributed by atoms with van der Waals surface area (Å²) >= 11 is 0. The van der Waals surface area contributed by atoms with Gasteiger partial charge in [-0.3, -0.25) is 4.98 Å². The number of imidazole rings is 1. The Morgan fingerprint density at radius 3 is 2.40 bits per heavy atom. The van der Waals surface area contributed by atoms with Crippen LogP contribution in [0.25, 0.3) is 5.65 Å². The zero-order valence-electron chi connectivity index (χ0n) is 25.7. The molecular formula is C32H50FN5O2. The van der Waals surface area contributed by atoms with Crippen LogP contribution in [-0.4, -0.2) is 59.0 Å². The SMILES string of the molecule is CC.CCCC=O.CCCc1c(N2CCNC3(COC3)C2)ccnc1C.CCCc1cc(F)c2nc(C)cn2c1. The lowest BCUT2D eigenvalue weighted by molar-refractivity contribution is -0.107. The minimum Gasteiger partial charge on any atom is -0.377 e. The largest absolute Gasteiger partial charge is 0.377 e. The lowest BCUT2D eigenvalue weighted by atomic mass is 9.93. The van der Waals surface area contributed by atoms with E-state index in [0.717, 1.165) is 76.1 Å². The Morgan fingerprint density at radius 1 is 1.10 bits per heavy atom. The van der Waals surface area contributed by atoms with E-state index in [1.807, 2.05) is 46.3 Å². The molecule has 2 saturated heterocycles. The molecule has 1 N–H and O–H groups in total. The summed E-state index contributed by atoms with van der Waals surface area (Å²) in [6, 6.07) is 3.75. The van der Waals surface area contributed by atoms with E-state index in [1.54, 1.807) is 10.5 Å². The second-order valence-corrected chi connectivity index (χ2v) is 10.3. The average molecular weight is 556 g/mol. The summed E-state index contributed by atoms with van der Waals surface area (Å²) < 4.78 is 20.7. The van der Waals surface area contributed by atoms with Crippen LogP contribution in [-0.2, 0) is 22.4 Å². The van der Waals surface area contributed by atoms with Crippen LogP contribution in [0.3, 0.4) is 0 Å². The van der Waals surface area contributed by atoms with Crippen molar-refractivity contribution in [2.24, 2.45) is 0 Å². The van der Waals surface area contributed by atoms with E-state index in [9.17, 15) is 9.18 Å². The summed E-state index contributed by atoms with van der Waals surface area (Å²) in [4.78, 5) is 20.5. The summed E-state index contributed by atoms with van der Waals surface area (Å²) in [5, 5.41) is 3.62. The van der Waals surface area contributed by atoms with Gasteiger partial charge in [0.25, 0.3) is 0 Å². The Hall–Kier alpha value is -2.84. The second kappa shape index (κ2) is 17.1. The molecule has 40 heavy (non-hydrogen) atoms. The third kappa shape index (κ3) is 9.10. The summed E-state index contributed by atoms with van der Waals surface area (Å²) in [7, 11) is 0. The van der Waals surface area contributed by atoms with Crippen molar-refractivity contribution in [2.75, 3.05) is 37.7 Å². The highest BCUT2D eigenvalue weighted by molar-refractivity contribution is 5.56. The van der Waals surface area contributed by atoms with Gasteiger partial charge >= 0.3 is 0 Å². The van der Waals surface area contributed by atoms with Gasteiger partial charge in [0.15, 0.2) is 11.5 Å². The normalized spacial score (nSPS) is 15.2. The van der Waals surface area contributed by atoms with E-state index in [-0.39, 0.29) is 11.4 Å². The molecule has 5 heterocycles. The van der Waals surface area contributed by atoms with Gasteiger partial charge in [-0.05, 0) is 56.4 Å². The fourth-order valence-electron chi connectivity index (χ4n) is 4.92. The van der Waals surface area contributed by atoms with Gasteiger partial charge < -0.3 is 24.1 Å². The number of pyridine rings is 2. The van der Waals surface area contributed by atoms with Gasteiger partial charge in [-0.2, -0.15) is 0 Å². The molecule has 0 atom stereocenters. The molecule has 0 amide bonds. The maximum Gasteiger partial charge on any atom is 0.173 e. The molecular weight excluding hydrogens is 505 g/mol. The van der Waals surface area contributed by atoms with Crippen molar-refractivity contribution in [3.8, 4) is 0 Å². The first-order valence-corrected chi connectivity index (χ1v) is 15.0. The first kappa shape index (κ1) is 33.4. The summed E-state index contributed by atoms with van der Waals surface area (Å²) in [6.07, 6.45) is 12.6. The number of halogens is 1. The van der Waals surface area contributed by atoms with Crippen LogP contribution in [0.2, 0.25) is 0 Å². The van der Waals surface area contributed by atoms with E-state index in [0.29, 0.717) is 12.1 Å². The second-order valence-electron chi connectivity index (χ2n) is 10.3. The number of rotatable bonds is 7. The van der Waals surface area contributed by atoms with Crippen molar-refractivity contribution in [1.29, 1.82) is 0 Å². The lowest BCUT2D eigenvalue weighted by Gasteiger charge is -2.49. The van der Waals surface area contributed by atoms with Gasteiger partial charge in [0.1, 0.15) is 6.29 Å². The van der Waals surface area contributed by atoms with Crippen molar-refractivity contribution in [2.45, 2.75) is 92.5 Å². The van der Waals surface area contributed by atoms with E-state index < -0.39 is 0 Å². The lowest BCUT2D eigenvalue weighted by Crippen LogP contribution is -2.70. The van der Waals surface area contributed by atoms with Gasteiger partial charge in [0, 0.05) is 56.0 Å². The number of hydrogen-bond acceptors (Lipinski definition) is 6. The van der Waals surface area contributed by atoms with E-state index >= 15 is 0 Å². The van der Waals surface area contributed by atoms with Gasteiger partial charge in [-0.15, -0.1) is 0 Å². The molecule has 2 fully saturated rings. The van der Waals surface area contributed by atoms with E-state index in [4.69, 9.17) is 4.74 Å². The molecule has 3 aromatic rings. The maximum atomic E-state index is 13.5. The monoisotopic (exact) mass is 555 g/mol. The van der Waals surface area contributed by atoms with Crippen LogP contribution in [0, 0.1) is 19.7 Å². The van der Waals surface area contributed by atoms with E-state index in [1.165, 1.54) is 23.4 Å². The molecule has 222 valence electrons. The number of fused-ring (bicyclic) bond motifs is 1. The van der Waals surface area contributed by atoms with Crippen molar-refractivity contribution in [3.63, 3.8) is 0 Å². The minimum atomic E-state index is -0.232. The Labute approximate surface area is 240 Å². The average Bonchev–Trinajstić information content (AvgIpc) is 3.32. The number of carbonyl (C=O) groups excluding carboxylic acids is 1. The number of nitrogens with one attached hydrogen (secondary N) is 1. The fourth-order valence-corrected chi connectivity index (χ4v) is 4.92. The highest BCUT2D eigenvalue weighted by Crippen LogP contribution is 2.29. The standard InChI is InChI=1S/C15H23N3O.C11H13FN2.C4H8O.C2H6/c1-3-4-13-12(2)16-6-5-14(13)18-8-7-17-15(9-18)10-19-11-15;1-3-4-9-5-10(12)11-13-8(2)6-14(11)7-9;1-2-3-4-5;1-2/h5-6,17H,3-4,7-11H2,1-2H3;5-7H,3-4H2,1-2H3;4H,2-3H2,1H3;1-2H3. The van der Waals surface area contributed by atoms with Crippen LogP contribution < -0.4 is 10.2 Å². The highest BCUT2D eigenvalue weighted by Gasteiger charge is 2.42. The fraction of sp³-hybridized carbons (Fsp3) is 0.594. The molecule has 0 saturated carbocycles. The van der Waals surface area contributed by atoms with Gasteiger partial charge in [0.05, 0.1) is 24.4 Å². The van der Waals surface area contributed by atoms with Crippen molar-refractivity contribution in [1.82, 2.24) is 19.7 Å². The Bertz CT molecular complexity index is 1180. The Morgan fingerprint density at radius 2 is 1.82 bits per heavy atom. The molecule has 3 aromatic heterocycles. The van der Waals surface area contributed by atoms with Crippen LogP contribution in [0.5, 0.6) is 0 Å². The number of carbonyl (C=O) groups is 1. The summed E-state index contributed by atoms with van der Waals surface area (Å²) in [5.74, 6) is -0.232. The number of hydrogen-bond donors (Lipinski definition) is 1. The van der Waals surface area contributed by atoms with Crippen molar-refractivity contribution < 1.29 is 13.9 Å². The van der Waals surface area contributed by atoms with Crippen LogP contribution in [0.4, 0.5) is 10.1 Å². The number of ether oxygens (including phenoxy) is 1. The Kier molecular flexibility index (Phi) is 14.2. The number of piperazine rings is 1. The molecule has 2 aliphatic heterocycles. The van der Waals surface area contributed by atoms with Gasteiger partial charge in [0.2, 0.25) is 0 Å². The third-order valence-corrected chi connectivity index (χ3v) is 6.85. The number of unbranched alkanes of at least 4 members (excludes halogenated alkanes) is 1. The first-order valence-electron chi connectivity index (χ1n) is 15.0. The topological polar surface area (TPSA) is 71.8 Å². The number of anilines is 1. The predicted molar refractivity (Wildman–Crippen MR) is 163 cm³/mol. The molecule has 0 aromatic carbocycles. The molecule has 5 rings (SSSR count). The molecule has 0 radical (unpaired) electrons. The molecule has 2 aliphatic rings. The molecule has 0 bridgehead atoms. The number of aryl methyl sites for hydroxylation is 3. The molecule has 7 nitrogen and oxygen atoms in total. The quantitative estimate of drug-likeness (QED) is 0.347. The summed E-state index contributed by atoms with van der Waals surface area (Å²) in [6.45, 7) is 19.1. The van der Waals surface area contributed by atoms with Crippen molar-refractivity contribution in [3.05, 3.63) is 59.1 Å². The number of aromatic nitrogens is 3. The predicted octanol–water partition coefficient (Wildman–Crippen LogP) is 6.27. The maximum absolute atomic E-state index is 13.5. The zero-order valence-corrected chi connectivity index (χ0v) is 25.7. The van der Waals surface area contributed by atoms with E-state index in [2.05, 4.69) is 47.0 Å². The van der Waals surface area contributed by atoms with Crippen molar-refractivity contribution >= 4 is 17.6 Å². The summed E-state index contributed by atoms with van der Waals surface area (Å²) in [5.41, 5.74) is 6.45. The molecule has 8 heteroatoms. The molecule has 0 aliphatic carbocycles. The number of nitrogens with zero attached hydrogens (tertiary/aromatic N) is 4. The smallest absolute Gasteiger partial charge is 0.173 e. The van der Waals surface area contributed by atoms with Crippen LogP contribution in [0.15, 0.2) is 30.7 Å². The van der Waals surface area contributed by atoms with Crippen LogP contribution in [0.1, 0.15) is 82.8 Å². The minimum absolute atomic E-state index is 0.193. The number of aldehydes is 1. The molecule has 0 unspecified atom stereocenters. The Balaban J connectivity index is 0.000000235.